The predicted molar refractivity (Wildman–Crippen MR) is 59.5 cm³/mol. The normalized spacial score (nSPS) is 10.3. The van der Waals surface area contributed by atoms with Crippen LogP contribution in [0.3, 0.4) is 0 Å². The third-order valence-electron chi connectivity index (χ3n) is 2.30. The van der Waals surface area contributed by atoms with Crippen LogP contribution in [-0.4, -0.2) is 47.3 Å². The molecule has 0 fully saturated rings. The molecule has 0 saturated heterocycles. The molecule has 0 spiro atoms. The van der Waals surface area contributed by atoms with Gasteiger partial charge < -0.3 is 15.1 Å². The lowest BCUT2D eigenvalue weighted by molar-refractivity contribution is -0.131. The summed E-state index contributed by atoms with van der Waals surface area (Å²) in [6.45, 7) is 3.40. The number of aliphatic hydroxyl groups is 2. The maximum atomic E-state index is 11.6. The average Bonchev–Trinajstić information content (AvgIpc) is 2.24. The Bertz CT molecular complexity index is 162. The Morgan fingerprint density at radius 1 is 1.07 bits per heavy atom. The summed E-state index contributed by atoms with van der Waals surface area (Å²) in [5.74, 6) is 0.0888. The fourth-order valence-electron chi connectivity index (χ4n) is 1.38. The minimum atomic E-state index is 0.0233. The lowest BCUT2D eigenvalue weighted by Crippen LogP contribution is -2.34. The molecule has 0 aromatic carbocycles. The van der Waals surface area contributed by atoms with Gasteiger partial charge in [0.25, 0.3) is 0 Å². The van der Waals surface area contributed by atoms with Gasteiger partial charge in [0.2, 0.25) is 5.91 Å². The van der Waals surface area contributed by atoms with Crippen molar-refractivity contribution in [1.29, 1.82) is 0 Å². The first-order valence-corrected chi connectivity index (χ1v) is 5.75. The molecule has 0 aromatic heterocycles. The maximum Gasteiger partial charge on any atom is 0.222 e. The number of hydrogen-bond acceptors (Lipinski definition) is 3. The van der Waals surface area contributed by atoms with E-state index in [1.807, 2.05) is 0 Å². The molecule has 0 saturated carbocycles. The molecule has 1 amide bonds. The third kappa shape index (κ3) is 7.33. The third-order valence-corrected chi connectivity index (χ3v) is 2.30. The van der Waals surface area contributed by atoms with Gasteiger partial charge in [-0.25, -0.2) is 0 Å². The number of carbonyl (C=O) groups excluding carboxylic acids is 1. The van der Waals surface area contributed by atoms with Crippen molar-refractivity contribution >= 4 is 5.91 Å². The van der Waals surface area contributed by atoms with Crippen LogP contribution in [0.15, 0.2) is 0 Å². The van der Waals surface area contributed by atoms with Gasteiger partial charge in [0.15, 0.2) is 0 Å². The summed E-state index contributed by atoms with van der Waals surface area (Å²) in [6.07, 6.45) is 3.90. The average molecular weight is 217 g/mol. The van der Waals surface area contributed by atoms with E-state index in [0.29, 0.717) is 19.4 Å². The zero-order valence-electron chi connectivity index (χ0n) is 9.61. The van der Waals surface area contributed by atoms with Gasteiger partial charge in [-0.05, 0) is 19.3 Å². The molecule has 0 atom stereocenters. The number of hydrogen-bond donors (Lipinski definition) is 2. The molecule has 0 aliphatic rings. The molecule has 0 heterocycles. The highest BCUT2D eigenvalue weighted by atomic mass is 16.3. The lowest BCUT2D eigenvalue weighted by atomic mass is 10.2. The molecule has 0 radical (unpaired) electrons. The second-order valence-corrected chi connectivity index (χ2v) is 3.64. The van der Waals surface area contributed by atoms with Gasteiger partial charge in [-0.3, -0.25) is 4.79 Å². The molecule has 0 bridgehead atoms. The Morgan fingerprint density at radius 3 is 2.33 bits per heavy atom. The first-order valence-electron chi connectivity index (χ1n) is 5.75. The summed E-state index contributed by atoms with van der Waals surface area (Å²) in [6, 6.07) is 0. The summed E-state index contributed by atoms with van der Waals surface area (Å²) in [5, 5.41) is 17.4. The highest BCUT2D eigenvalue weighted by Gasteiger charge is 2.11. The molecule has 0 aliphatic heterocycles. The van der Waals surface area contributed by atoms with E-state index in [1.165, 1.54) is 0 Å². The van der Waals surface area contributed by atoms with E-state index in [0.717, 1.165) is 25.8 Å². The SMILES string of the molecule is CCCCN(CCO)C(=O)CCCCO. The Kier molecular flexibility index (Phi) is 9.52. The topological polar surface area (TPSA) is 60.8 Å². The predicted octanol–water partition coefficient (Wildman–Crippen LogP) is 0.770. The molecule has 4 nitrogen and oxygen atoms in total. The molecule has 0 aliphatic carbocycles. The Labute approximate surface area is 91.9 Å². The van der Waals surface area contributed by atoms with Crippen molar-refractivity contribution < 1.29 is 15.0 Å². The van der Waals surface area contributed by atoms with Crippen molar-refractivity contribution in [3.05, 3.63) is 0 Å². The number of rotatable bonds is 9. The summed E-state index contributed by atoms with van der Waals surface area (Å²) in [7, 11) is 0. The second kappa shape index (κ2) is 9.93. The number of unbranched alkanes of at least 4 members (excludes halogenated alkanes) is 2. The van der Waals surface area contributed by atoms with Crippen molar-refractivity contribution in [2.24, 2.45) is 0 Å². The van der Waals surface area contributed by atoms with E-state index in [9.17, 15) is 4.79 Å². The van der Waals surface area contributed by atoms with Crippen LogP contribution in [0.5, 0.6) is 0 Å². The van der Waals surface area contributed by atoms with Crippen molar-refractivity contribution in [3.63, 3.8) is 0 Å². The second-order valence-electron chi connectivity index (χ2n) is 3.64. The standard InChI is InChI=1S/C11H23NO3/c1-2-3-7-12(8-10-14)11(15)6-4-5-9-13/h13-14H,2-10H2,1H3. The van der Waals surface area contributed by atoms with Crippen molar-refractivity contribution in [2.45, 2.75) is 39.0 Å². The van der Waals surface area contributed by atoms with Gasteiger partial charge in [0, 0.05) is 26.1 Å². The Morgan fingerprint density at radius 2 is 1.80 bits per heavy atom. The zero-order valence-corrected chi connectivity index (χ0v) is 9.61. The monoisotopic (exact) mass is 217 g/mol. The molecule has 90 valence electrons. The van der Waals surface area contributed by atoms with E-state index >= 15 is 0 Å². The number of aliphatic hydroxyl groups excluding tert-OH is 2. The molecule has 2 N–H and O–H groups in total. The van der Waals surface area contributed by atoms with Crippen LogP contribution in [0.4, 0.5) is 0 Å². The van der Waals surface area contributed by atoms with Gasteiger partial charge in [0.1, 0.15) is 0 Å². The van der Waals surface area contributed by atoms with E-state index in [-0.39, 0.29) is 19.1 Å². The van der Waals surface area contributed by atoms with Crippen LogP contribution in [0.1, 0.15) is 39.0 Å². The van der Waals surface area contributed by atoms with Crippen molar-refractivity contribution in [1.82, 2.24) is 4.90 Å². The van der Waals surface area contributed by atoms with E-state index in [1.54, 1.807) is 4.90 Å². The van der Waals surface area contributed by atoms with Crippen LogP contribution >= 0.6 is 0 Å². The first kappa shape index (κ1) is 14.4. The molecular formula is C11H23NO3. The number of amides is 1. The minimum Gasteiger partial charge on any atom is -0.396 e. The zero-order chi connectivity index (χ0) is 11.5. The minimum absolute atomic E-state index is 0.0233. The van der Waals surface area contributed by atoms with Crippen LogP contribution in [0.2, 0.25) is 0 Å². The van der Waals surface area contributed by atoms with Crippen molar-refractivity contribution in [3.8, 4) is 0 Å². The van der Waals surface area contributed by atoms with E-state index < -0.39 is 0 Å². The fraction of sp³-hybridized carbons (Fsp3) is 0.909. The number of nitrogens with zero attached hydrogens (tertiary/aromatic N) is 1. The smallest absolute Gasteiger partial charge is 0.222 e. The van der Waals surface area contributed by atoms with Crippen LogP contribution in [0.25, 0.3) is 0 Å². The molecule has 15 heavy (non-hydrogen) atoms. The summed E-state index contributed by atoms with van der Waals surface area (Å²) < 4.78 is 0. The highest BCUT2D eigenvalue weighted by molar-refractivity contribution is 5.76. The molecule has 4 heteroatoms. The summed E-state index contributed by atoms with van der Waals surface area (Å²) in [5.41, 5.74) is 0. The number of carbonyl (C=O) groups is 1. The van der Waals surface area contributed by atoms with Crippen LogP contribution in [0, 0.1) is 0 Å². The molecule has 0 rings (SSSR count). The Balaban J connectivity index is 3.81. The van der Waals surface area contributed by atoms with Gasteiger partial charge >= 0.3 is 0 Å². The fourth-order valence-corrected chi connectivity index (χ4v) is 1.38. The van der Waals surface area contributed by atoms with E-state index in [4.69, 9.17) is 10.2 Å². The quantitative estimate of drug-likeness (QED) is 0.561. The van der Waals surface area contributed by atoms with Gasteiger partial charge in [0.05, 0.1) is 6.61 Å². The summed E-state index contributed by atoms with van der Waals surface area (Å²) in [4.78, 5) is 13.4. The lowest BCUT2D eigenvalue weighted by Gasteiger charge is -2.21. The summed E-state index contributed by atoms with van der Waals surface area (Å²) >= 11 is 0. The Hall–Kier alpha value is -0.610. The van der Waals surface area contributed by atoms with Crippen LogP contribution in [-0.2, 0) is 4.79 Å². The molecule has 0 unspecified atom stereocenters. The largest absolute Gasteiger partial charge is 0.396 e. The molecular weight excluding hydrogens is 194 g/mol. The first-order chi connectivity index (χ1) is 7.26. The van der Waals surface area contributed by atoms with Gasteiger partial charge in [-0.2, -0.15) is 0 Å². The van der Waals surface area contributed by atoms with Crippen molar-refractivity contribution in [2.75, 3.05) is 26.3 Å². The van der Waals surface area contributed by atoms with Gasteiger partial charge in [-0.15, -0.1) is 0 Å². The van der Waals surface area contributed by atoms with Gasteiger partial charge in [-0.1, -0.05) is 13.3 Å². The maximum absolute atomic E-state index is 11.6. The molecule has 0 aromatic rings. The highest BCUT2D eigenvalue weighted by Crippen LogP contribution is 2.02. The van der Waals surface area contributed by atoms with Crippen LogP contribution < -0.4 is 0 Å². The van der Waals surface area contributed by atoms with E-state index in [2.05, 4.69) is 6.92 Å².